The number of carbonyl (C=O) groups excluding carboxylic acids is 1. The Morgan fingerprint density at radius 1 is 1.41 bits per heavy atom. The average Bonchev–Trinajstić information content (AvgIpc) is 2.99. The summed E-state index contributed by atoms with van der Waals surface area (Å²) in [5.41, 5.74) is 0.156. The summed E-state index contributed by atoms with van der Waals surface area (Å²) in [5.74, 6) is 0.667. The van der Waals surface area contributed by atoms with Crippen molar-refractivity contribution in [3.05, 3.63) is 36.5 Å². The first-order valence-electron chi connectivity index (χ1n) is 7.58. The molecule has 1 aromatic heterocycles. The van der Waals surface area contributed by atoms with Gasteiger partial charge in [0, 0.05) is 18.2 Å². The molecule has 3 rings (SSSR count). The molecule has 116 valence electrons. The molecule has 1 aromatic carbocycles. The summed E-state index contributed by atoms with van der Waals surface area (Å²) in [7, 11) is 0. The fourth-order valence-corrected chi connectivity index (χ4v) is 2.66. The minimum Gasteiger partial charge on any atom is -0.489 e. The molecule has 0 saturated carbocycles. The first kappa shape index (κ1) is 14.8. The molecular weight excluding hydrogens is 280 g/mol. The Morgan fingerprint density at radius 2 is 2.27 bits per heavy atom. The molecule has 0 spiro atoms. The Labute approximate surface area is 129 Å². The standard InChI is InChI=1S/C17H20N2O3/c1-17(8-4-11-22-17)16(20)19-10-12-21-14-7-2-5-13-6-3-9-18-15(13)14/h2-3,5-7,9H,4,8,10-12H2,1H3,(H,19,20). The van der Waals surface area contributed by atoms with E-state index in [4.69, 9.17) is 9.47 Å². The smallest absolute Gasteiger partial charge is 0.252 e. The van der Waals surface area contributed by atoms with Gasteiger partial charge in [-0.2, -0.15) is 0 Å². The second-order valence-corrected chi connectivity index (χ2v) is 5.62. The van der Waals surface area contributed by atoms with Crippen molar-refractivity contribution in [1.29, 1.82) is 0 Å². The number of amides is 1. The second kappa shape index (κ2) is 6.32. The van der Waals surface area contributed by atoms with Crippen LogP contribution in [0.1, 0.15) is 19.8 Å². The fraction of sp³-hybridized carbons (Fsp3) is 0.412. The number of ether oxygens (including phenoxy) is 2. The van der Waals surface area contributed by atoms with Crippen LogP contribution >= 0.6 is 0 Å². The summed E-state index contributed by atoms with van der Waals surface area (Å²) in [6.45, 7) is 3.34. The lowest BCUT2D eigenvalue weighted by Gasteiger charge is -2.21. The quantitative estimate of drug-likeness (QED) is 0.861. The number of hydrogen-bond acceptors (Lipinski definition) is 4. The van der Waals surface area contributed by atoms with Gasteiger partial charge in [0.2, 0.25) is 0 Å². The van der Waals surface area contributed by atoms with Crippen molar-refractivity contribution < 1.29 is 14.3 Å². The SMILES string of the molecule is CC1(C(=O)NCCOc2cccc3cccnc23)CCCO1. The molecule has 5 heteroatoms. The van der Waals surface area contributed by atoms with Gasteiger partial charge in [-0.3, -0.25) is 9.78 Å². The minimum absolute atomic E-state index is 0.0651. The number of benzene rings is 1. The van der Waals surface area contributed by atoms with Gasteiger partial charge in [0.15, 0.2) is 0 Å². The largest absolute Gasteiger partial charge is 0.489 e. The lowest BCUT2D eigenvalue weighted by atomic mass is 10.0. The van der Waals surface area contributed by atoms with Crippen LogP contribution in [0, 0.1) is 0 Å². The van der Waals surface area contributed by atoms with Crippen LogP contribution in [-0.2, 0) is 9.53 Å². The van der Waals surface area contributed by atoms with Gasteiger partial charge in [-0.1, -0.05) is 18.2 Å². The van der Waals surface area contributed by atoms with E-state index in [0.29, 0.717) is 19.8 Å². The molecular formula is C17H20N2O3. The van der Waals surface area contributed by atoms with Crippen LogP contribution in [0.3, 0.4) is 0 Å². The van der Waals surface area contributed by atoms with Crippen LogP contribution in [0.4, 0.5) is 0 Å². The fourth-order valence-electron chi connectivity index (χ4n) is 2.66. The van der Waals surface area contributed by atoms with E-state index in [2.05, 4.69) is 10.3 Å². The highest BCUT2D eigenvalue weighted by atomic mass is 16.5. The third kappa shape index (κ3) is 3.04. The third-order valence-corrected chi connectivity index (χ3v) is 3.94. The number of pyridine rings is 1. The van der Waals surface area contributed by atoms with Gasteiger partial charge >= 0.3 is 0 Å². The highest BCUT2D eigenvalue weighted by Crippen LogP contribution is 2.25. The molecule has 1 saturated heterocycles. The van der Waals surface area contributed by atoms with Crippen molar-refractivity contribution in [2.24, 2.45) is 0 Å². The van der Waals surface area contributed by atoms with Gasteiger partial charge in [0.1, 0.15) is 23.5 Å². The van der Waals surface area contributed by atoms with Crippen LogP contribution < -0.4 is 10.1 Å². The molecule has 2 heterocycles. The molecule has 0 radical (unpaired) electrons. The Hall–Kier alpha value is -2.14. The molecule has 1 fully saturated rings. The van der Waals surface area contributed by atoms with Gasteiger partial charge < -0.3 is 14.8 Å². The zero-order chi connectivity index (χ0) is 15.4. The molecule has 0 aliphatic carbocycles. The number of nitrogens with zero attached hydrogens (tertiary/aromatic N) is 1. The molecule has 2 aromatic rings. The van der Waals surface area contributed by atoms with E-state index in [-0.39, 0.29) is 5.91 Å². The summed E-state index contributed by atoms with van der Waals surface area (Å²) < 4.78 is 11.3. The number of hydrogen-bond donors (Lipinski definition) is 1. The molecule has 1 aliphatic rings. The summed E-state index contributed by atoms with van der Waals surface area (Å²) >= 11 is 0. The van der Waals surface area contributed by atoms with Gasteiger partial charge in [-0.05, 0) is 31.9 Å². The highest BCUT2D eigenvalue weighted by Gasteiger charge is 2.37. The van der Waals surface area contributed by atoms with E-state index in [0.717, 1.165) is 29.5 Å². The predicted molar refractivity (Wildman–Crippen MR) is 83.8 cm³/mol. The molecule has 1 atom stereocenters. The van der Waals surface area contributed by atoms with Gasteiger partial charge in [-0.15, -0.1) is 0 Å². The van der Waals surface area contributed by atoms with Crippen molar-refractivity contribution >= 4 is 16.8 Å². The highest BCUT2D eigenvalue weighted by molar-refractivity contribution is 5.85. The van der Waals surface area contributed by atoms with Gasteiger partial charge in [-0.25, -0.2) is 0 Å². The summed E-state index contributed by atoms with van der Waals surface area (Å²) in [6.07, 6.45) is 3.45. The van der Waals surface area contributed by atoms with E-state index in [1.807, 2.05) is 37.3 Å². The molecule has 22 heavy (non-hydrogen) atoms. The normalized spacial score (nSPS) is 21.0. The molecule has 1 aliphatic heterocycles. The van der Waals surface area contributed by atoms with Crippen LogP contribution in [0.15, 0.2) is 36.5 Å². The zero-order valence-corrected chi connectivity index (χ0v) is 12.7. The van der Waals surface area contributed by atoms with Crippen molar-refractivity contribution in [2.45, 2.75) is 25.4 Å². The van der Waals surface area contributed by atoms with Crippen molar-refractivity contribution in [1.82, 2.24) is 10.3 Å². The number of carbonyl (C=O) groups is 1. The van der Waals surface area contributed by atoms with Crippen molar-refractivity contribution in [3.8, 4) is 5.75 Å². The first-order chi connectivity index (χ1) is 10.7. The molecule has 5 nitrogen and oxygen atoms in total. The van der Waals surface area contributed by atoms with Gasteiger partial charge in [0.25, 0.3) is 5.91 Å². The topological polar surface area (TPSA) is 60.5 Å². The maximum absolute atomic E-state index is 12.1. The van der Waals surface area contributed by atoms with Crippen LogP contribution in [-0.4, -0.2) is 36.3 Å². The van der Waals surface area contributed by atoms with Crippen LogP contribution in [0.2, 0.25) is 0 Å². The lowest BCUT2D eigenvalue weighted by Crippen LogP contribution is -2.45. The van der Waals surface area contributed by atoms with Crippen LogP contribution in [0.5, 0.6) is 5.75 Å². The summed E-state index contributed by atoms with van der Waals surface area (Å²) in [4.78, 5) is 16.4. The second-order valence-electron chi connectivity index (χ2n) is 5.62. The Kier molecular flexibility index (Phi) is 4.24. The maximum Gasteiger partial charge on any atom is 0.252 e. The van der Waals surface area contributed by atoms with Crippen molar-refractivity contribution in [3.63, 3.8) is 0 Å². The van der Waals surface area contributed by atoms with E-state index in [1.165, 1.54) is 0 Å². The van der Waals surface area contributed by atoms with E-state index < -0.39 is 5.60 Å². The first-order valence-corrected chi connectivity index (χ1v) is 7.58. The number of nitrogens with one attached hydrogen (secondary N) is 1. The average molecular weight is 300 g/mol. The number of rotatable bonds is 5. The van der Waals surface area contributed by atoms with Crippen LogP contribution in [0.25, 0.3) is 10.9 Å². The molecule has 0 bridgehead atoms. The number of fused-ring (bicyclic) bond motifs is 1. The van der Waals surface area contributed by atoms with Crippen molar-refractivity contribution in [2.75, 3.05) is 19.8 Å². The molecule has 1 amide bonds. The zero-order valence-electron chi connectivity index (χ0n) is 12.7. The van der Waals surface area contributed by atoms with E-state index in [9.17, 15) is 4.79 Å². The Bertz CT molecular complexity index is 661. The number of para-hydroxylation sites is 1. The predicted octanol–water partition coefficient (Wildman–Crippen LogP) is 2.30. The Balaban J connectivity index is 1.53. The van der Waals surface area contributed by atoms with Gasteiger partial charge in [0.05, 0.1) is 6.54 Å². The lowest BCUT2D eigenvalue weighted by molar-refractivity contribution is -0.139. The monoisotopic (exact) mass is 300 g/mol. The van der Waals surface area contributed by atoms with E-state index in [1.54, 1.807) is 6.20 Å². The minimum atomic E-state index is -0.680. The van der Waals surface area contributed by atoms with E-state index >= 15 is 0 Å². The maximum atomic E-state index is 12.1. The number of aromatic nitrogens is 1. The summed E-state index contributed by atoms with van der Waals surface area (Å²) in [5, 5.41) is 3.91. The summed E-state index contributed by atoms with van der Waals surface area (Å²) in [6, 6.07) is 9.71. The molecule has 1 N–H and O–H groups in total. The third-order valence-electron chi connectivity index (χ3n) is 3.94. The Morgan fingerprint density at radius 3 is 3.09 bits per heavy atom. The molecule has 1 unspecified atom stereocenters.